The molecule has 1 rings (SSSR count). The lowest BCUT2D eigenvalue weighted by atomic mass is 11.0. The van der Waals surface area contributed by atoms with Gasteiger partial charge in [0.15, 0.2) is 0 Å². The van der Waals surface area contributed by atoms with Crippen LogP contribution in [0.5, 0.6) is 0 Å². The second kappa shape index (κ2) is 2.52. The van der Waals surface area contributed by atoms with Crippen molar-refractivity contribution < 1.29 is 8.98 Å². The Bertz CT molecular complexity index is 162. The van der Waals surface area contributed by atoms with Gasteiger partial charge in [-0.15, -0.1) is 0 Å². The van der Waals surface area contributed by atoms with Gasteiger partial charge in [-0.2, -0.15) is 0 Å². The van der Waals surface area contributed by atoms with E-state index in [-0.39, 0.29) is 0 Å². The van der Waals surface area contributed by atoms with Crippen LogP contribution < -0.4 is 5.09 Å². The lowest BCUT2D eigenvalue weighted by Crippen LogP contribution is -1.75. The Morgan fingerprint density at radius 3 is 3.25 bits per heavy atom. The Labute approximate surface area is 47.2 Å². The fraction of sp³-hybridized carbons (Fsp3) is 0. The molecule has 0 fully saturated rings. The van der Waals surface area contributed by atoms with Crippen LogP contribution in [0.15, 0.2) is 16.9 Å². The van der Waals surface area contributed by atoms with Gasteiger partial charge in [0.2, 0.25) is 0 Å². The minimum absolute atomic E-state index is 0.315. The summed E-state index contributed by atoms with van der Waals surface area (Å²) in [6.07, 6.45) is 2.90. The van der Waals surface area contributed by atoms with Gasteiger partial charge in [-0.05, 0) is 0 Å². The highest BCUT2D eigenvalue weighted by atomic mass is 31.1. The highest BCUT2D eigenvalue weighted by Gasteiger charge is 1.87. The Balaban J connectivity index is 2.62. The minimum atomic E-state index is -1.01. The number of anilines is 1. The summed E-state index contributed by atoms with van der Waals surface area (Å²) in [5.74, 6) is 0. The molecule has 44 valence electrons. The van der Waals surface area contributed by atoms with Crippen molar-refractivity contribution in [3.05, 3.63) is 12.5 Å². The molecule has 0 aromatic carbocycles. The average Bonchev–Trinajstić information content (AvgIpc) is 2.19. The summed E-state index contributed by atoms with van der Waals surface area (Å²) in [6.45, 7) is 0. The number of aromatic nitrogens is 1. The van der Waals surface area contributed by atoms with Gasteiger partial charge in [0, 0.05) is 0 Å². The fourth-order valence-electron chi connectivity index (χ4n) is 0.345. The number of hydrogen-bond acceptors (Lipinski definition) is 3. The van der Waals surface area contributed by atoms with E-state index in [4.69, 9.17) is 0 Å². The number of rotatable bonds is 2. The van der Waals surface area contributed by atoms with Crippen LogP contribution in [0.2, 0.25) is 0 Å². The van der Waals surface area contributed by atoms with Crippen LogP contribution in [0.25, 0.3) is 0 Å². The predicted molar refractivity (Wildman–Crippen MR) is 30.5 cm³/mol. The average molecular weight is 132 g/mol. The first-order chi connectivity index (χ1) is 3.93. The van der Waals surface area contributed by atoms with E-state index in [9.17, 15) is 4.57 Å². The zero-order valence-electron chi connectivity index (χ0n) is 4.00. The normalized spacial score (nSPS) is 10.5. The van der Waals surface area contributed by atoms with Crippen molar-refractivity contribution in [2.45, 2.75) is 0 Å². The van der Waals surface area contributed by atoms with Crippen LogP contribution in [0.3, 0.4) is 0 Å². The van der Waals surface area contributed by atoms with Gasteiger partial charge in [0.05, 0.1) is 6.20 Å². The molecule has 1 unspecified atom stereocenters. The van der Waals surface area contributed by atoms with Crippen molar-refractivity contribution in [3.8, 4) is 0 Å². The molecule has 1 N–H and O–H groups in total. The lowest BCUT2D eigenvalue weighted by Gasteiger charge is -1.83. The van der Waals surface area contributed by atoms with Crippen LogP contribution in [0, 0.1) is 0 Å². The predicted octanol–water partition coefficient (Wildman–Crippen LogP) is 0.758. The number of hydrogen-bond donors (Lipinski definition) is 1. The maximum atomic E-state index is 9.87. The fourth-order valence-corrected chi connectivity index (χ4v) is 0.589. The second-order valence-electron chi connectivity index (χ2n) is 1.10. The summed E-state index contributed by atoms with van der Waals surface area (Å²) in [5, 5.41) is 2.44. The highest BCUT2D eigenvalue weighted by molar-refractivity contribution is 7.25. The van der Waals surface area contributed by atoms with E-state index in [0.717, 1.165) is 0 Å². The van der Waals surface area contributed by atoms with Crippen LogP contribution in [0.4, 0.5) is 6.01 Å². The SMILES string of the molecule is O=[PH2]Nc1ncco1. The molecule has 1 atom stereocenters. The molecule has 0 saturated carbocycles. The van der Waals surface area contributed by atoms with Crippen molar-refractivity contribution in [2.75, 3.05) is 5.09 Å². The minimum Gasteiger partial charge on any atom is -0.432 e. The summed E-state index contributed by atoms with van der Waals surface area (Å²) in [6, 6.07) is 0.315. The third-order valence-electron chi connectivity index (χ3n) is 0.615. The Hall–Kier alpha value is -0.760. The smallest absolute Gasteiger partial charge is 0.299 e. The van der Waals surface area contributed by atoms with E-state index in [2.05, 4.69) is 14.5 Å². The van der Waals surface area contributed by atoms with Gasteiger partial charge in [-0.25, -0.2) is 4.98 Å². The first-order valence-electron chi connectivity index (χ1n) is 2.03. The van der Waals surface area contributed by atoms with E-state index in [0.29, 0.717) is 6.01 Å². The topological polar surface area (TPSA) is 55.1 Å². The van der Waals surface area contributed by atoms with E-state index in [1.54, 1.807) is 0 Å². The van der Waals surface area contributed by atoms with Gasteiger partial charge in [0.25, 0.3) is 6.01 Å². The maximum absolute atomic E-state index is 9.87. The van der Waals surface area contributed by atoms with E-state index < -0.39 is 8.61 Å². The molecule has 0 bridgehead atoms. The van der Waals surface area contributed by atoms with Crippen LogP contribution in [-0.2, 0) is 4.57 Å². The summed E-state index contributed by atoms with van der Waals surface area (Å²) >= 11 is 0. The molecule has 1 aromatic heterocycles. The van der Waals surface area contributed by atoms with Gasteiger partial charge in [-0.3, -0.25) is 5.09 Å². The molecule has 0 spiro atoms. The number of nitrogens with zero attached hydrogens (tertiary/aromatic N) is 1. The summed E-state index contributed by atoms with van der Waals surface area (Å²) in [4.78, 5) is 3.65. The van der Waals surface area contributed by atoms with Gasteiger partial charge >= 0.3 is 0 Å². The second-order valence-corrected chi connectivity index (χ2v) is 1.62. The van der Waals surface area contributed by atoms with Crippen molar-refractivity contribution in [1.82, 2.24) is 4.98 Å². The molecule has 4 nitrogen and oxygen atoms in total. The molecule has 0 aliphatic heterocycles. The quantitative estimate of drug-likeness (QED) is 0.603. The van der Waals surface area contributed by atoms with E-state index >= 15 is 0 Å². The Morgan fingerprint density at radius 1 is 1.88 bits per heavy atom. The lowest BCUT2D eigenvalue weighted by molar-refractivity contribution is 0.574. The summed E-state index contributed by atoms with van der Waals surface area (Å²) in [7, 11) is -1.01. The van der Waals surface area contributed by atoms with E-state index in [1.165, 1.54) is 12.5 Å². The maximum Gasteiger partial charge on any atom is 0.299 e. The third-order valence-corrected chi connectivity index (χ3v) is 0.980. The molecule has 0 amide bonds. The molecular formula is C3H5N2O2P. The first-order valence-corrected chi connectivity index (χ1v) is 3.08. The third kappa shape index (κ3) is 1.10. The molecule has 0 radical (unpaired) electrons. The molecule has 1 heterocycles. The molecule has 0 saturated heterocycles. The van der Waals surface area contributed by atoms with Crippen LogP contribution in [0.1, 0.15) is 0 Å². The van der Waals surface area contributed by atoms with Gasteiger partial charge in [0.1, 0.15) is 14.9 Å². The first kappa shape index (κ1) is 5.38. The van der Waals surface area contributed by atoms with Crippen LogP contribution >= 0.6 is 8.61 Å². The summed E-state index contributed by atoms with van der Waals surface area (Å²) < 4.78 is 14.5. The molecule has 0 aliphatic carbocycles. The van der Waals surface area contributed by atoms with Crippen molar-refractivity contribution in [2.24, 2.45) is 0 Å². The zero-order valence-corrected chi connectivity index (χ0v) is 5.15. The van der Waals surface area contributed by atoms with Crippen molar-refractivity contribution in [3.63, 3.8) is 0 Å². The monoisotopic (exact) mass is 132 g/mol. The van der Waals surface area contributed by atoms with Gasteiger partial charge in [-0.1, -0.05) is 0 Å². The van der Waals surface area contributed by atoms with Gasteiger partial charge < -0.3 is 8.98 Å². The molecule has 0 aliphatic rings. The molecule has 5 heteroatoms. The van der Waals surface area contributed by atoms with Crippen molar-refractivity contribution in [1.29, 1.82) is 0 Å². The molecule has 8 heavy (non-hydrogen) atoms. The number of nitrogens with one attached hydrogen (secondary N) is 1. The standard InChI is InChI=1S/C3H5N2O2P/c6-8-5-3-4-1-2-7-3/h1-2H,8H2,(H,4,5,6). The van der Waals surface area contributed by atoms with E-state index in [1.807, 2.05) is 0 Å². The molecule has 1 aromatic rings. The summed E-state index contributed by atoms with van der Waals surface area (Å²) in [5.41, 5.74) is 0. The highest BCUT2D eigenvalue weighted by Crippen LogP contribution is 2.04. The number of oxazole rings is 1. The largest absolute Gasteiger partial charge is 0.432 e. The van der Waals surface area contributed by atoms with Crippen molar-refractivity contribution >= 4 is 14.6 Å². The molecular weight excluding hydrogens is 127 g/mol. The zero-order chi connectivity index (χ0) is 5.82. The van der Waals surface area contributed by atoms with Crippen LogP contribution in [-0.4, -0.2) is 4.98 Å². The Morgan fingerprint density at radius 2 is 2.75 bits per heavy atom. The Kier molecular flexibility index (Phi) is 1.70.